The molecule has 34 heavy (non-hydrogen) atoms. The van der Waals surface area contributed by atoms with Crippen LogP contribution in [0.1, 0.15) is 59.9 Å². The molecule has 2 aliphatic carbocycles. The zero-order valence-electron chi connectivity index (χ0n) is 19.5. The van der Waals surface area contributed by atoms with Gasteiger partial charge < -0.3 is 15.2 Å². The van der Waals surface area contributed by atoms with Crippen LogP contribution in [0.2, 0.25) is 0 Å². The summed E-state index contributed by atoms with van der Waals surface area (Å²) in [6.07, 6.45) is 0.512. The minimum atomic E-state index is -1.37. The number of carbonyl (C=O) groups is 2. The zero-order chi connectivity index (χ0) is 23.9. The normalized spacial score (nSPS) is 18.7. The summed E-state index contributed by atoms with van der Waals surface area (Å²) in [5, 5.41) is 12.8. The van der Waals surface area contributed by atoms with Gasteiger partial charge >= 0.3 is 12.1 Å². The van der Waals surface area contributed by atoms with E-state index < -0.39 is 17.6 Å². The van der Waals surface area contributed by atoms with E-state index in [1.165, 1.54) is 11.1 Å². The molecule has 0 radical (unpaired) electrons. The molecule has 1 atom stereocenters. The largest absolute Gasteiger partial charge is 0.479 e. The van der Waals surface area contributed by atoms with Crippen LogP contribution in [0.25, 0.3) is 11.1 Å². The Labute approximate surface area is 199 Å². The topological polar surface area (TPSA) is 75.6 Å². The lowest BCUT2D eigenvalue weighted by atomic mass is 9.75. The van der Waals surface area contributed by atoms with Crippen molar-refractivity contribution >= 4 is 12.1 Å². The smallest absolute Gasteiger partial charge is 0.408 e. The molecule has 0 fully saturated rings. The van der Waals surface area contributed by atoms with Crippen LogP contribution in [0.5, 0.6) is 0 Å². The van der Waals surface area contributed by atoms with E-state index in [9.17, 15) is 14.7 Å². The van der Waals surface area contributed by atoms with Gasteiger partial charge in [-0.2, -0.15) is 0 Å². The number of carboxylic acids is 1. The van der Waals surface area contributed by atoms with Gasteiger partial charge in [-0.1, -0.05) is 80.6 Å². The van der Waals surface area contributed by atoms with E-state index in [-0.39, 0.29) is 18.9 Å². The molecule has 174 valence electrons. The lowest BCUT2D eigenvalue weighted by Gasteiger charge is -2.36. The first-order valence-electron chi connectivity index (χ1n) is 11.9. The molecule has 1 unspecified atom stereocenters. The standard InChI is InChI=1S/C29H29NO4/c1-18(2)20-13-7-8-19-16-29(27(31)32,15-14-21(19)20)30-28(33)34-17-26-24-11-5-3-9-22(24)23-10-4-6-12-25(23)26/h3-13,18,26H,14-17H2,1-2H3,(H,30,33)(H,31,32). The highest BCUT2D eigenvalue weighted by Crippen LogP contribution is 2.44. The molecular weight excluding hydrogens is 426 g/mol. The molecule has 0 spiro atoms. The zero-order valence-corrected chi connectivity index (χ0v) is 19.5. The number of amides is 1. The Morgan fingerprint density at radius 2 is 1.65 bits per heavy atom. The molecule has 0 saturated carbocycles. The van der Waals surface area contributed by atoms with Crippen LogP contribution in [0.4, 0.5) is 4.79 Å². The lowest BCUT2D eigenvalue weighted by molar-refractivity contribution is -0.145. The predicted molar refractivity (Wildman–Crippen MR) is 131 cm³/mol. The summed E-state index contributed by atoms with van der Waals surface area (Å²) >= 11 is 0. The van der Waals surface area contributed by atoms with Crippen LogP contribution in [0, 0.1) is 0 Å². The molecule has 1 amide bonds. The first-order valence-corrected chi connectivity index (χ1v) is 11.9. The Morgan fingerprint density at radius 3 is 2.26 bits per heavy atom. The molecule has 0 heterocycles. The second-order valence-electron chi connectivity index (χ2n) is 9.65. The van der Waals surface area contributed by atoms with Gasteiger partial charge in [0.25, 0.3) is 0 Å². The molecule has 0 saturated heterocycles. The number of hydrogen-bond donors (Lipinski definition) is 2. The molecule has 2 N–H and O–H groups in total. The van der Waals surface area contributed by atoms with Gasteiger partial charge in [0, 0.05) is 12.3 Å². The van der Waals surface area contributed by atoms with E-state index in [2.05, 4.69) is 49.5 Å². The minimum absolute atomic E-state index is 0.0698. The minimum Gasteiger partial charge on any atom is -0.479 e. The summed E-state index contributed by atoms with van der Waals surface area (Å²) in [4.78, 5) is 25.2. The summed E-state index contributed by atoms with van der Waals surface area (Å²) < 4.78 is 5.65. The Balaban J connectivity index is 1.33. The van der Waals surface area contributed by atoms with Crippen LogP contribution >= 0.6 is 0 Å². The van der Waals surface area contributed by atoms with E-state index in [0.717, 1.165) is 27.8 Å². The summed E-state index contributed by atoms with van der Waals surface area (Å²) in [7, 11) is 0. The van der Waals surface area contributed by atoms with Crippen molar-refractivity contribution < 1.29 is 19.4 Å². The van der Waals surface area contributed by atoms with Crippen LogP contribution in [-0.4, -0.2) is 29.3 Å². The van der Waals surface area contributed by atoms with Crippen molar-refractivity contribution in [3.63, 3.8) is 0 Å². The number of nitrogens with one attached hydrogen (secondary N) is 1. The number of rotatable bonds is 5. The second kappa shape index (κ2) is 8.64. The third-order valence-electron chi connectivity index (χ3n) is 7.32. The van der Waals surface area contributed by atoms with Crippen LogP contribution in [0.15, 0.2) is 66.7 Å². The molecular formula is C29H29NO4. The van der Waals surface area contributed by atoms with E-state index in [1.807, 2.05) is 36.4 Å². The fraction of sp³-hybridized carbons (Fsp3) is 0.310. The van der Waals surface area contributed by atoms with Gasteiger partial charge in [-0.25, -0.2) is 9.59 Å². The molecule has 3 aromatic carbocycles. The monoisotopic (exact) mass is 455 g/mol. The molecule has 0 aromatic heterocycles. The molecule has 3 aromatic rings. The van der Waals surface area contributed by atoms with E-state index >= 15 is 0 Å². The average Bonchev–Trinajstić information content (AvgIpc) is 3.15. The maximum Gasteiger partial charge on any atom is 0.408 e. The highest BCUT2D eigenvalue weighted by Gasteiger charge is 2.44. The molecule has 5 nitrogen and oxygen atoms in total. The van der Waals surface area contributed by atoms with Crippen molar-refractivity contribution in [2.45, 2.75) is 50.5 Å². The Morgan fingerprint density at radius 1 is 1.00 bits per heavy atom. The molecule has 0 aliphatic heterocycles. The van der Waals surface area contributed by atoms with Gasteiger partial charge in [-0.15, -0.1) is 0 Å². The fourth-order valence-electron chi connectivity index (χ4n) is 5.59. The van der Waals surface area contributed by atoms with E-state index in [1.54, 1.807) is 0 Å². The fourth-order valence-corrected chi connectivity index (χ4v) is 5.59. The highest BCUT2D eigenvalue weighted by atomic mass is 16.5. The molecule has 5 heteroatoms. The van der Waals surface area contributed by atoms with Gasteiger partial charge in [0.15, 0.2) is 0 Å². The first-order chi connectivity index (χ1) is 16.4. The number of aliphatic carboxylic acids is 1. The number of ether oxygens (including phenoxy) is 1. The maximum absolute atomic E-state index is 12.9. The SMILES string of the molecule is CC(C)c1cccc2c1CCC(NC(=O)OCC1c3ccccc3-c3ccccc31)(C(=O)O)C2. The number of fused-ring (bicyclic) bond motifs is 4. The highest BCUT2D eigenvalue weighted by molar-refractivity contribution is 5.85. The number of carbonyl (C=O) groups excluding carboxylic acids is 1. The van der Waals surface area contributed by atoms with Crippen LogP contribution in [-0.2, 0) is 22.4 Å². The van der Waals surface area contributed by atoms with Gasteiger partial charge in [-0.3, -0.25) is 0 Å². The van der Waals surface area contributed by atoms with Crippen molar-refractivity contribution in [1.82, 2.24) is 5.32 Å². The Hall–Kier alpha value is -3.60. The molecule has 2 aliphatic rings. The van der Waals surface area contributed by atoms with Gasteiger partial charge in [0.1, 0.15) is 12.1 Å². The lowest BCUT2D eigenvalue weighted by Crippen LogP contribution is -2.58. The van der Waals surface area contributed by atoms with Crippen LogP contribution < -0.4 is 5.32 Å². The first kappa shape index (κ1) is 22.2. The van der Waals surface area contributed by atoms with Crippen molar-refractivity contribution in [3.8, 4) is 11.1 Å². The third kappa shape index (κ3) is 3.75. The number of alkyl carbamates (subject to hydrolysis) is 1. The second-order valence-corrected chi connectivity index (χ2v) is 9.65. The molecule has 5 rings (SSSR count). The third-order valence-corrected chi connectivity index (χ3v) is 7.32. The van der Waals surface area contributed by atoms with Crippen LogP contribution in [0.3, 0.4) is 0 Å². The number of hydrogen-bond acceptors (Lipinski definition) is 3. The summed E-state index contributed by atoms with van der Waals surface area (Å²) in [5.41, 5.74) is 6.62. The quantitative estimate of drug-likeness (QED) is 0.520. The Bertz CT molecular complexity index is 1220. The van der Waals surface area contributed by atoms with Crippen molar-refractivity contribution in [3.05, 3.63) is 94.5 Å². The summed E-state index contributed by atoms with van der Waals surface area (Å²) in [6.45, 7) is 4.44. The van der Waals surface area contributed by atoms with E-state index in [4.69, 9.17) is 4.74 Å². The number of benzene rings is 3. The number of carboxylic acid groups (broad SMARTS) is 1. The molecule has 0 bridgehead atoms. The van der Waals surface area contributed by atoms with Gasteiger partial charge in [-0.05, 0) is 57.7 Å². The summed E-state index contributed by atoms with van der Waals surface area (Å²) in [5.74, 6) is -0.733. The average molecular weight is 456 g/mol. The van der Waals surface area contributed by atoms with E-state index in [0.29, 0.717) is 18.8 Å². The van der Waals surface area contributed by atoms with Crippen molar-refractivity contribution in [2.75, 3.05) is 6.61 Å². The van der Waals surface area contributed by atoms with Gasteiger partial charge in [0.05, 0.1) is 0 Å². The predicted octanol–water partition coefficient (Wildman–Crippen LogP) is 5.66. The van der Waals surface area contributed by atoms with Gasteiger partial charge in [0.2, 0.25) is 0 Å². The summed E-state index contributed by atoms with van der Waals surface area (Å²) in [6, 6.07) is 22.3. The van der Waals surface area contributed by atoms with Crippen molar-refractivity contribution in [1.29, 1.82) is 0 Å². The maximum atomic E-state index is 12.9. The van der Waals surface area contributed by atoms with Crippen molar-refractivity contribution in [2.24, 2.45) is 0 Å². The Kier molecular flexibility index (Phi) is 5.64.